The third-order valence-electron chi connectivity index (χ3n) is 7.45. The van der Waals surface area contributed by atoms with Gasteiger partial charge in [-0.2, -0.15) is 0 Å². The summed E-state index contributed by atoms with van der Waals surface area (Å²) in [6, 6.07) is 30.5. The lowest BCUT2D eigenvalue weighted by Gasteiger charge is -2.28. The molecule has 35 heavy (non-hydrogen) atoms. The molecule has 0 fully saturated rings. The molecule has 0 bridgehead atoms. The van der Waals surface area contributed by atoms with E-state index in [1.807, 2.05) is 24.3 Å². The van der Waals surface area contributed by atoms with Crippen LogP contribution in [0.3, 0.4) is 0 Å². The minimum atomic E-state index is -0.0551. The Kier molecular flexibility index (Phi) is 7.31. The molecule has 0 aliphatic rings. The van der Waals surface area contributed by atoms with Crippen LogP contribution in [0.2, 0.25) is 0 Å². The third-order valence-corrected chi connectivity index (χ3v) is 7.45. The molecule has 2 nitrogen and oxygen atoms in total. The van der Waals surface area contributed by atoms with Crippen LogP contribution in [0.1, 0.15) is 58.4 Å². The van der Waals surface area contributed by atoms with Gasteiger partial charge in [0.05, 0.1) is 0 Å². The van der Waals surface area contributed by atoms with Gasteiger partial charge in [-0.05, 0) is 108 Å². The zero-order valence-corrected chi connectivity index (χ0v) is 21.6. The van der Waals surface area contributed by atoms with Gasteiger partial charge in [-0.3, -0.25) is 0 Å². The second-order valence-electron chi connectivity index (χ2n) is 10.4. The lowest BCUT2D eigenvalue weighted by atomic mass is 9.76. The summed E-state index contributed by atoms with van der Waals surface area (Å²) in [6.45, 7) is 9.14. The van der Waals surface area contributed by atoms with E-state index in [4.69, 9.17) is 11.5 Å². The number of anilines is 2. The number of rotatable bonds is 8. The number of benzene rings is 4. The number of nitrogens with two attached hydrogens (primary N) is 2. The fraction of sp³-hybridized carbons (Fsp3) is 0.273. The van der Waals surface area contributed by atoms with E-state index in [9.17, 15) is 0 Å². The van der Waals surface area contributed by atoms with Crippen LogP contribution in [0.15, 0.2) is 84.9 Å². The Morgan fingerprint density at radius 3 is 1.23 bits per heavy atom. The molecule has 0 atom stereocenters. The molecule has 0 radical (unpaired) electrons. The predicted molar refractivity (Wildman–Crippen MR) is 151 cm³/mol. The van der Waals surface area contributed by atoms with E-state index < -0.39 is 0 Å². The van der Waals surface area contributed by atoms with Crippen molar-refractivity contribution in [3.05, 3.63) is 129 Å². The summed E-state index contributed by atoms with van der Waals surface area (Å²) in [5.74, 6) is 0. The van der Waals surface area contributed by atoms with Crippen LogP contribution in [0.4, 0.5) is 11.4 Å². The number of hydrogen-bond donors (Lipinski definition) is 2. The van der Waals surface area contributed by atoms with Crippen molar-refractivity contribution in [2.24, 2.45) is 0 Å². The molecule has 4 aromatic carbocycles. The molecule has 0 saturated carbocycles. The molecule has 0 aliphatic carbocycles. The van der Waals surface area contributed by atoms with Crippen LogP contribution >= 0.6 is 0 Å². The average Bonchev–Trinajstić information content (AvgIpc) is 2.84. The molecule has 0 aliphatic heterocycles. The SMILES string of the molecule is Cc1cc(C(C)(C)c2ccc(CCc3ccc(N)cc3)c(C)c2)ccc1CCc1ccc(N)cc1. The average molecular weight is 463 g/mol. The maximum atomic E-state index is 5.82. The zero-order valence-electron chi connectivity index (χ0n) is 21.6. The first-order chi connectivity index (χ1) is 16.7. The minimum Gasteiger partial charge on any atom is -0.399 e. The summed E-state index contributed by atoms with van der Waals surface area (Å²) in [7, 11) is 0. The molecule has 0 heterocycles. The third kappa shape index (κ3) is 5.95. The molecule has 0 saturated heterocycles. The topological polar surface area (TPSA) is 52.0 Å². The van der Waals surface area contributed by atoms with Crippen molar-refractivity contribution in [2.75, 3.05) is 11.5 Å². The summed E-state index contributed by atoms with van der Waals surface area (Å²) >= 11 is 0. The standard InChI is InChI=1S/C33H38N2/c1-23-21-29(15-13-27(23)11-5-25-7-17-31(34)18-8-25)33(3,4)30-16-14-28(24(2)22-30)12-6-26-9-19-32(35)20-10-26/h7-10,13-22H,5-6,11-12,34-35H2,1-4H3. The molecule has 0 unspecified atom stereocenters. The molecule has 2 heteroatoms. The van der Waals surface area contributed by atoms with Crippen molar-refractivity contribution < 1.29 is 0 Å². The van der Waals surface area contributed by atoms with Crippen molar-refractivity contribution in [3.63, 3.8) is 0 Å². The van der Waals surface area contributed by atoms with Crippen molar-refractivity contribution in [3.8, 4) is 0 Å². The normalized spacial score (nSPS) is 11.5. The van der Waals surface area contributed by atoms with Crippen LogP contribution in [0.25, 0.3) is 0 Å². The predicted octanol–water partition coefficient (Wildman–Crippen LogP) is 7.36. The van der Waals surface area contributed by atoms with Gasteiger partial charge in [0.25, 0.3) is 0 Å². The van der Waals surface area contributed by atoms with E-state index in [0.717, 1.165) is 37.1 Å². The summed E-state index contributed by atoms with van der Waals surface area (Å²) in [4.78, 5) is 0. The first-order valence-corrected chi connectivity index (χ1v) is 12.6. The Labute approximate surface area is 211 Å². The fourth-order valence-corrected chi connectivity index (χ4v) is 4.82. The first-order valence-electron chi connectivity index (χ1n) is 12.6. The molecular weight excluding hydrogens is 424 g/mol. The van der Waals surface area contributed by atoms with Gasteiger partial charge >= 0.3 is 0 Å². The van der Waals surface area contributed by atoms with Gasteiger partial charge in [-0.25, -0.2) is 0 Å². The van der Waals surface area contributed by atoms with Crippen molar-refractivity contribution in [2.45, 2.75) is 58.8 Å². The van der Waals surface area contributed by atoms with E-state index in [1.165, 1.54) is 44.5 Å². The van der Waals surface area contributed by atoms with Gasteiger partial charge in [0, 0.05) is 16.8 Å². The van der Waals surface area contributed by atoms with Gasteiger partial charge in [0.15, 0.2) is 0 Å². The monoisotopic (exact) mass is 462 g/mol. The van der Waals surface area contributed by atoms with E-state index in [1.54, 1.807) is 0 Å². The lowest BCUT2D eigenvalue weighted by molar-refractivity contribution is 0.638. The zero-order chi connectivity index (χ0) is 25.0. The van der Waals surface area contributed by atoms with Crippen LogP contribution in [-0.2, 0) is 31.1 Å². The molecule has 4 N–H and O–H groups in total. The molecule has 4 aromatic rings. The summed E-state index contributed by atoms with van der Waals surface area (Å²) in [6.07, 6.45) is 4.14. The molecule has 0 aromatic heterocycles. The highest BCUT2D eigenvalue weighted by molar-refractivity contribution is 5.45. The number of aryl methyl sites for hydroxylation is 6. The maximum Gasteiger partial charge on any atom is 0.0314 e. The second-order valence-corrected chi connectivity index (χ2v) is 10.4. The van der Waals surface area contributed by atoms with Crippen molar-refractivity contribution in [1.82, 2.24) is 0 Å². The Bertz CT molecular complexity index is 1180. The molecule has 180 valence electrons. The molecule has 4 rings (SSSR count). The van der Waals surface area contributed by atoms with Gasteiger partial charge in [-0.1, -0.05) is 74.5 Å². The largest absolute Gasteiger partial charge is 0.399 e. The van der Waals surface area contributed by atoms with Gasteiger partial charge < -0.3 is 11.5 Å². The van der Waals surface area contributed by atoms with Crippen LogP contribution in [0.5, 0.6) is 0 Å². The van der Waals surface area contributed by atoms with Gasteiger partial charge in [0.2, 0.25) is 0 Å². The highest BCUT2D eigenvalue weighted by Crippen LogP contribution is 2.34. The first kappa shape index (κ1) is 24.6. The Morgan fingerprint density at radius 1 is 0.514 bits per heavy atom. The fourth-order valence-electron chi connectivity index (χ4n) is 4.82. The summed E-state index contributed by atoms with van der Waals surface area (Å²) in [5.41, 5.74) is 24.2. The van der Waals surface area contributed by atoms with Crippen molar-refractivity contribution in [1.29, 1.82) is 0 Å². The molecule has 0 spiro atoms. The van der Waals surface area contributed by atoms with E-state index in [0.29, 0.717) is 0 Å². The number of hydrogen-bond acceptors (Lipinski definition) is 2. The van der Waals surface area contributed by atoms with E-state index in [2.05, 4.69) is 88.4 Å². The molecule has 0 amide bonds. The highest BCUT2D eigenvalue weighted by atomic mass is 14.5. The lowest BCUT2D eigenvalue weighted by Crippen LogP contribution is -2.19. The summed E-state index contributed by atoms with van der Waals surface area (Å²) in [5, 5.41) is 0. The minimum absolute atomic E-state index is 0.0551. The van der Waals surface area contributed by atoms with Gasteiger partial charge in [-0.15, -0.1) is 0 Å². The second kappa shape index (κ2) is 10.4. The van der Waals surface area contributed by atoms with Crippen molar-refractivity contribution >= 4 is 11.4 Å². The van der Waals surface area contributed by atoms with Crippen LogP contribution in [0, 0.1) is 13.8 Å². The van der Waals surface area contributed by atoms with Crippen LogP contribution in [-0.4, -0.2) is 0 Å². The Morgan fingerprint density at radius 2 is 0.886 bits per heavy atom. The van der Waals surface area contributed by atoms with E-state index in [-0.39, 0.29) is 5.41 Å². The number of nitrogen functional groups attached to an aromatic ring is 2. The maximum absolute atomic E-state index is 5.82. The van der Waals surface area contributed by atoms with Gasteiger partial charge in [0.1, 0.15) is 0 Å². The van der Waals surface area contributed by atoms with Crippen LogP contribution < -0.4 is 11.5 Å². The Hall–Kier alpha value is -3.52. The quantitative estimate of drug-likeness (QED) is 0.269. The molecular formula is C33H38N2. The Balaban J connectivity index is 1.45. The smallest absolute Gasteiger partial charge is 0.0314 e. The highest BCUT2D eigenvalue weighted by Gasteiger charge is 2.24. The summed E-state index contributed by atoms with van der Waals surface area (Å²) < 4.78 is 0. The van der Waals surface area contributed by atoms with E-state index >= 15 is 0 Å².